The van der Waals surface area contributed by atoms with Crippen LogP contribution in [0.3, 0.4) is 0 Å². The van der Waals surface area contributed by atoms with Crippen LogP contribution in [-0.4, -0.2) is 35.2 Å². The van der Waals surface area contributed by atoms with Gasteiger partial charge < -0.3 is 10.1 Å². The summed E-state index contributed by atoms with van der Waals surface area (Å²) in [5.74, 6) is 0.303. The second-order valence-corrected chi connectivity index (χ2v) is 8.05. The Hall–Kier alpha value is -3.11. The molecule has 31 heavy (non-hydrogen) atoms. The molecule has 1 aromatic carbocycles. The van der Waals surface area contributed by atoms with E-state index in [0.29, 0.717) is 28.8 Å². The minimum atomic E-state index is -0.330. The first-order valence-electron chi connectivity index (χ1n) is 9.34. The quantitative estimate of drug-likeness (QED) is 0.409. The minimum Gasteiger partial charge on any atom is -0.471 e. The van der Waals surface area contributed by atoms with Crippen LogP contribution in [0, 0.1) is 13.8 Å². The molecule has 3 aromatic heterocycles. The third-order valence-electron chi connectivity index (χ3n) is 4.50. The van der Waals surface area contributed by atoms with Crippen LogP contribution in [0.25, 0.3) is 0 Å². The maximum atomic E-state index is 12.5. The van der Waals surface area contributed by atoms with Crippen molar-refractivity contribution in [3.05, 3.63) is 75.5 Å². The van der Waals surface area contributed by atoms with Crippen molar-refractivity contribution >= 4 is 39.1 Å². The number of aryl methyl sites for hydroxylation is 1. The van der Waals surface area contributed by atoms with Crippen molar-refractivity contribution in [2.45, 2.75) is 27.2 Å². The Labute approximate surface area is 191 Å². The summed E-state index contributed by atoms with van der Waals surface area (Å²) in [6.07, 6.45) is 4.96. The lowest BCUT2D eigenvalue weighted by Crippen LogP contribution is -2.15. The standard InChI is InChI=1S/C20H19BrClN7O2/c1-13-19(21)14(2)29(25-13)11-27-7-6-18(26-27)20(30)24-16-9-23-28(10-16)12-31-17-5-3-4-15(22)8-17/h3-10H,11-12H2,1-2H3,(H,24,30). The van der Waals surface area contributed by atoms with E-state index in [2.05, 4.69) is 36.5 Å². The predicted octanol–water partition coefficient (Wildman–Crippen LogP) is 4.10. The molecule has 0 atom stereocenters. The number of hydrogen-bond acceptors (Lipinski definition) is 5. The lowest BCUT2D eigenvalue weighted by molar-refractivity contribution is 0.102. The van der Waals surface area contributed by atoms with E-state index in [0.717, 1.165) is 15.9 Å². The number of carbonyl (C=O) groups excluding carboxylic acids is 1. The summed E-state index contributed by atoms with van der Waals surface area (Å²) in [7, 11) is 0. The van der Waals surface area contributed by atoms with Crippen LogP contribution >= 0.6 is 27.5 Å². The van der Waals surface area contributed by atoms with Gasteiger partial charge in [0.25, 0.3) is 5.91 Å². The molecular weight excluding hydrogens is 486 g/mol. The Balaban J connectivity index is 1.35. The van der Waals surface area contributed by atoms with Crippen LogP contribution in [0.15, 0.2) is 53.4 Å². The van der Waals surface area contributed by atoms with Gasteiger partial charge in [-0.1, -0.05) is 17.7 Å². The van der Waals surface area contributed by atoms with Crippen molar-refractivity contribution in [1.29, 1.82) is 0 Å². The fraction of sp³-hybridized carbons (Fsp3) is 0.200. The summed E-state index contributed by atoms with van der Waals surface area (Å²) in [4.78, 5) is 12.5. The molecule has 9 nitrogen and oxygen atoms in total. The smallest absolute Gasteiger partial charge is 0.276 e. The number of nitrogens with zero attached hydrogens (tertiary/aromatic N) is 6. The molecule has 160 valence electrons. The zero-order chi connectivity index (χ0) is 22.0. The number of nitrogens with one attached hydrogen (secondary N) is 1. The summed E-state index contributed by atoms with van der Waals surface area (Å²) in [5, 5.41) is 16.3. The van der Waals surface area contributed by atoms with E-state index in [-0.39, 0.29) is 12.6 Å². The van der Waals surface area contributed by atoms with Gasteiger partial charge in [0.1, 0.15) is 12.4 Å². The van der Waals surface area contributed by atoms with Gasteiger partial charge in [-0.05, 0) is 54.0 Å². The normalized spacial score (nSPS) is 11.0. The molecule has 11 heteroatoms. The maximum Gasteiger partial charge on any atom is 0.276 e. The highest BCUT2D eigenvalue weighted by Crippen LogP contribution is 2.20. The fourth-order valence-electron chi connectivity index (χ4n) is 2.90. The number of amides is 1. The molecular formula is C20H19BrClN7O2. The van der Waals surface area contributed by atoms with E-state index in [1.165, 1.54) is 0 Å². The van der Waals surface area contributed by atoms with E-state index in [1.807, 2.05) is 18.5 Å². The molecule has 3 heterocycles. The first-order chi connectivity index (χ1) is 14.9. The number of anilines is 1. The molecule has 0 aliphatic heterocycles. The van der Waals surface area contributed by atoms with Gasteiger partial charge in [-0.3, -0.25) is 9.48 Å². The maximum absolute atomic E-state index is 12.5. The summed E-state index contributed by atoms with van der Waals surface area (Å²) in [6.45, 7) is 4.48. The highest BCUT2D eigenvalue weighted by Gasteiger charge is 2.13. The highest BCUT2D eigenvalue weighted by atomic mass is 79.9. The number of rotatable bonds is 7. The van der Waals surface area contributed by atoms with E-state index < -0.39 is 0 Å². The summed E-state index contributed by atoms with van der Waals surface area (Å²) < 4.78 is 11.6. The molecule has 1 amide bonds. The van der Waals surface area contributed by atoms with Gasteiger partial charge in [-0.15, -0.1) is 0 Å². The second-order valence-electron chi connectivity index (χ2n) is 6.82. The number of ether oxygens (including phenoxy) is 1. The van der Waals surface area contributed by atoms with Crippen molar-refractivity contribution in [3.8, 4) is 5.75 Å². The van der Waals surface area contributed by atoms with Gasteiger partial charge >= 0.3 is 0 Å². The number of halogens is 2. The average molecular weight is 505 g/mol. The molecule has 1 N–H and O–H groups in total. The first-order valence-corrected chi connectivity index (χ1v) is 10.5. The van der Waals surface area contributed by atoms with Crippen molar-refractivity contribution in [1.82, 2.24) is 29.3 Å². The van der Waals surface area contributed by atoms with E-state index in [4.69, 9.17) is 16.3 Å². The lowest BCUT2D eigenvalue weighted by atomic mass is 10.3. The van der Waals surface area contributed by atoms with Crippen LogP contribution < -0.4 is 10.1 Å². The van der Waals surface area contributed by atoms with Crippen LogP contribution in [0.2, 0.25) is 5.02 Å². The van der Waals surface area contributed by atoms with Gasteiger partial charge in [-0.25, -0.2) is 9.36 Å². The van der Waals surface area contributed by atoms with Crippen molar-refractivity contribution < 1.29 is 9.53 Å². The summed E-state index contributed by atoms with van der Waals surface area (Å²) >= 11 is 9.45. The van der Waals surface area contributed by atoms with Gasteiger partial charge in [0.15, 0.2) is 12.4 Å². The van der Waals surface area contributed by atoms with Crippen molar-refractivity contribution in [2.24, 2.45) is 0 Å². The molecule has 0 aliphatic carbocycles. The molecule has 0 fully saturated rings. The molecule has 0 radical (unpaired) electrons. The van der Waals surface area contributed by atoms with Crippen LogP contribution in [0.4, 0.5) is 5.69 Å². The third-order valence-corrected chi connectivity index (χ3v) is 5.88. The molecule has 4 aromatic rings. The summed E-state index contributed by atoms with van der Waals surface area (Å²) in [6, 6.07) is 8.75. The van der Waals surface area contributed by atoms with E-state index in [1.54, 1.807) is 58.3 Å². The van der Waals surface area contributed by atoms with Gasteiger partial charge in [-0.2, -0.15) is 15.3 Å². The number of benzene rings is 1. The average Bonchev–Trinajstić information content (AvgIpc) is 3.45. The van der Waals surface area contributed by atoms with E-state index >= 15 is 0 Å². The van der Waals surface area contributed by atoms with E-state index in [9.17, 15) is 4.79 Å². The third kappa shape index (κ3) is 4.97. The number of aromatic nitrogens is 6. The van der Waals surface area contributed by atoms with Gasteiger partial charge in [0.2, 0.25) is 0 Å². The predicted molar refractivity (Wildman–Crippen MR) is 119 cm³/mol. The Morgan fingerprint density at radius 1 is 1.23 bits per heavy atom. The Bertz CT molecular complexity index is 1230. The largest absolute Gasteiger partial charge is 0.471 e. The number of hydrogen-bond donors (Lipinski definition) is 1. The van der Waals surface area contributed by atoms with Crippen LogP contribution in [0.5, 0.6) is 5.75 Å². The minimum absolute atomic E-state index is 0.184. The summed E-state index contributed by atoms with van der Waals surface area (Å²) in [5.41, 5.74) is 2.73. The fourth-order valence-corrected chi connectivity index (χ4v) is 3.37. The first kappa shape index (κ1) is 21.1. The number of carbonyl (C=O) groups is 1. The molecule has 0 spiro atoms. The topological polar surface area (TPSA) is 91.8 Å². The molecule has 0 saturated carbocycles. The zero-order valence-corrected chi connectivity index (χ0v) is 19.1. The Kier molecular flexibility index (Phi) is 6.10. The lowest BCUT2D eigenvalue weighted by Gasteiger charge is -2.06. The molecule has 0 aliphatic rings. The van der Waals surface area contributed by atoms with Crippen LogP contribution in [-0.2, 0) is 13.4 Å². The molecule has 0 unspecified atom stereocenters. The zero-order valence-electron chi connectivity index (χ0n) is 16.8. The molecule has 0 saturated heterocycles. The van der Waals surface area contributed by atoms with Crippen molar-refractivity contribution in [2.75, 3.05) is 5.32 Å². The molecule has 4 rings (SSSR count). The monoisotopic (exact) mass is 503 g/mol. The van der Waals surface area contributed by atoms with Gasteiger partial charge in [0.05, 0.1) is 33.9 Å². The van der Waals surface area contributed by atoms with Gasteiger partial charge in [0, 0.05) is 11.2 Å². The van der Waals surface area contributed by atoms with Crippen molar-refractivity contribution in [3.63, 3.8) is 0 Å². The van der Waals surface area contributed by atoms with Crippen LogP contribution in [0.1, 0.15) is 21.9 Å². The Morgan fingerprint density at radius 3 is 2.81 bits per heavy atom. The second kappa shape index (κ2) is 8.94. The molecule has 0 bridgehead atoms. The highest BCUT2D eigenvalue weighted by molar-refractivity contribution is 9.10. The Morgan fingerprint density at radius 2 is 2.06 bits per heavy atom. The SMILES string of the molecule is Cc1nn(Cn2ccc(C(=O)Nc3cnn(COc4cccc(Cl)c4)c3)n2)c(C)c1Br.